The summed E-state index contributed by atoms with van der Waals surface area (Å²) in [4.78, 5) is 40.3. The highest BCUT2D eigenvalue weighted by molar-refractivity contribution is 5.92. The van der Waals surface area contributed by atoms with Gasteiger partial charge in [-0.3, -0.25) is 9.97 Å². The summed E-state index contributed by atoms with van der Waals surface area (Å²) in [5.74, 6) is 1.60. The third kappa shape index (κ3) is 20.3. The number of unbranched alkanes of at least 4 members (excludes halogenated alkanes) is 22. The molecular formula is C69H83N3O6. The van der Waals surface area contributed by atoms with E-state index in [-0.39, 0.29) is 0 Å². The summed E-state index contributed by atoms with van der Waals surface area (Å²) in [6.45, 7) is 5.90. The van der Waals surface area contributed by atoms with Crippen molar-refractivity contribution >= 4 is 11.9 Å². The number of hydrogen-bond acceptors (Lipinski definition) is 9. The van der Waals surface area contributed by atoms with Crippen LogP contribution in [0.5, 0.6) is 23.0 Å². The molecule has 9 nitrogen and oxygen atoms in total. The molecule has 0 atom stereocenters. The van der Waals surface area contributed by atoms with Gasteiger partial charge in [-0.25, -0.2) is 14.6 Å². The van der Waals surface area contributed by atoms with Gasteiger partial charge in [0.25, 0.3) is 0 Å². The van der Waals surface area contributed by atoms with Crippen molar-refractivity contribution in [1.29, 1.82) is 0 Å². The molecule has 0 radical (unpaired) electrons. The number of rotatable bonds is 36. The number of benzene rings is 4. The molecule has 0 saturated heterocycles. The van der Waals surface area contributed by atoms with Crippen LogP contribution in [0, 0.1) is 0 Å². The zero-order valence-electron chi connectivity index (χ0n) is 46.6. The van der Waals surface area contributed by atoms with Crippen molar-refractivity contribution < 1.29 is 28.5 Å². The van der Waals surface area contributed by atoms with E-state index in [2.05, 4.69) is 13.8 Å². The number of aromatic nitrogens is 3. The smallest absolute Gasteiger partial charge is 0.343 e. The molecule has 0 unspecified atom stereocenters. The van der Waals surface area contributed by atoms with Crippen molar-refractivity contribution in [1.82, 2.24) is 15.0 Å². The van der Waals surface area contributed by atoms with Gasteiger partial charge in [-0.2, -0.15) is 0 Å². The molecule has 0 aliphatic heterocycles. The minimum atomic E-state index is -0.419. The monoisotopic (exact) mass is 1050 g/mol. The first-order chi connectivity index (χ1) is 38.4. The predicted octanol–water partition coefficient (Wildman–Crippen LogP) is 19.1. The van der Waals surface area contributed by atoms with Crippen LogP contribution in [0.3, 0.4) is 0 Å². The van der Waals surface area contributed by atoms with Gasteiger partial charge in [0.2, 0.25) is 0 Å². The molecule has 4 aromatic carbocycles. The van der Waals surface area contributed by atoms with Crippen LogP contribution in [0.4, 0.5) is 0 Å². The molecule has 0 amide bonds. The lowest BCUT2D eigenvalue weighted by Crippen LogP contribution is -2.08. The highest BCUT2D eigenvalue weighted by atomic mass is 16.5. The summed E-state index contributed by atoms with van der Waals surface area (Å²) in [6, 6.07) is 42.9. The summed E-state index contributed by atoms with van der Waals surface area (Å²) in [7, 11) is 0. The molecular weight excluding hydrogens is 967 g/mol. The Bertz CT molecular complexity index is 2590. The molecule has 3 aromatic heterocycles. The minimum Gasteiger partial charge on any atom is -0.494 e. The SMILES string of the molecule is CCCCCCCCCCCCCCOc1ccc(C(=O)Oc2ccc(-c3ccc(-c4cccc(-c5ccc(-c6ccc(OC(=O)c7ccc(OCCCCCCCCCCCCCC)cc7)cc6)cn5)n4)nc3)cc2)cc1. The molecule has 0 bridgehead atoms. The molecule has 0 aliphatic rings. The summed E-state index contributed by atoms with van der Waals surface area (Å²) < 4.78 is 23.3. The van der Waals surface area contributed by atoms with Crippen molar-refractivity contribution in [3.05, 3.63) is 163 Å². The maximum atomic E-state index is 13.0. The van der Waals surface area contributed by atoms with Crippen molar-refractivity contribution in [3.63, 3.8) is 0 Å². The summed E-state index contributed by atoms with van der Waals surface area (Å²) >= 11 is 0. The van der Waals surface area contributed by atoms with Crippen LogP contribution in [0.25, 0.3) is 45.0 Å². The van der Waals surface area contributed by atoms with Gasteiger partial charge in [-0.05, 0) is 121 Å². The molecule has 7 aromatic rings. The molecule has 0 spiro atoms. The lowest BCUT2D eigenvalue weighted by Gasteiger charge is -2.09. The van der Waals surface area contributed by atoms with E-state index in [4.69, 9.17) is 33.9 Å². The van der Waals surface area contributed by atoms with Gasteiger partial charge in [0, 0.05) is 23.5 Å². The van der Waals surface area contributed by atoms with E-state index in [9.17, 15) is 9.59 Å². The molecule has 0 N–H and O–H groups in total. The molecule has 7 rings (SSSR count). The first-order valence-corrected chi connectivity index (χ1v) is 29.5. The molecule has 0 fully saturated rings. The standard InChI is InChI=1S/C69H83N3O6/c1-3-5-7-9-11-13-15-17-19-21-23-25-50-75-60-40-34-56(35-41-60)68(73)77-62-44-30-54(31-45-62)58-38-48-64(70-52-58)66-28-27-29-67(72-66)65-49-39-59(53-71-65)55-32-46-63(47-33-55)78-69(74)57-36-42-61(43-37-57)76-51-26-24-22-20-18-16-14-12-10-8-6-4-2/h27-49,52-53H,3-26,50-51H2,1-2H3. The second kappa shape index (κ2) is 33.9. The Labute approximate surface area is 465 Å². The number of nitrogens with zero attached hydrogens (tertiary/aromatic N) is 3. The lowest BCUT2D eigenvalue weighted by atomic mass is 10.1. The molecule has 78 heavy (non-hydrogen) atoms. The van der Waals surface area contributed by atoms with Gasteiger partial charge in [-0.1, -0.05) is 198 Å². The third-order valence-electron chi connectivity index (χ3n) is 14.3. The maximum Gasteiger partial charge on any atom is 0.343 e. The Hall–Kier alpha value is -7.13. The van der Waals surface area contributed by atoms with E-state index in [0.29, 0.717) is 35.8 Å². The van der Waals surface area contributed by atoms with Crippen molar-refractivity contribution in [2.45, 2.75) is 168 Å². The van der Waals surface area contributed by atoms with E-state index >= 15 is 0 Å². The molecule has 410 valence electrons. The highest BCUT2D eigenvalue weighted by Gasteiger charge is 2.13. The van der Waals surface area contributed by atoms with Crippen molar-refractivity contribution in [2.75, 3.05) is 13.2 Å². The predicted molar refractivity (Wildman–Crippen MR) is 318 cm³/mol. The Kier molecular flexibility index (Phi) is 25.4. The van der Waals surface area contributed by atoms with E-state index in [1.54, 1.807) is 48.5 Å². The third-order valence-corrected chi connectivity index (χ3v) is 14.3. The van der Waals surface area contributed by atoms with Crippen molar-refractivity contribution in [2.24, 2.45) is 0 Å². The average molecular weight is 1050 g/mol. The van der Waals surface area contributed by atoms with Crippen LogP contribution in [0.15, 0.2) is 152 Å². The van der Waals surface area contributed by atoms with E-state index in [1.165, 1.54) is 141 Å². The quantitative estimate of drug-likeness (QED) is 0.0215. The van der Waals surface area contributed by atoms with E-state index < -0.39 is 11.9 Å². The highest BCUT2D eigenvalue weighted by Crippen LogP contribution is 2.29. The molecule has 3 heterocycles. The van der Waals surface area contributed by atoms with Crippen LogP contribution in [0.1, 0.15) is 189 Å². The molecule has 0 aliphatic carbocycles. The molecule has 9 heteroatoms. The van der Waals surface area contributed by atoms with E-state index in [1.807, 2.05) is 103 Å². The zero-order valence-corrected chi connectivity index (χ0v) is 46.6. The van der Waals surface area contributed by atoms with Gasteiger partial charge >= 0.3 is 11.9 Å². The largest absolute Gasteiger partial charge is 0.494 e. The van der Waals surface area contributed by atoms with Crippen molar-refractivity contribution in [3.8, 4) is 68.0 Å². The van der Waals surface area contributed by atoms with Gasteiger partial charge in [0.05, 0.1) is 47.1 Å². The number of ether oxygens (including phenoxy) is 4. The fourth-order valence-corrected chi connectivity index (χ4v) is 9.56. The first kappa shape index (κ1) is 58.6. The number of esters is 2. The van der Waals surface area contributed by atoms with Crippen LogP contribution in [0.2, 0.25) is 0 Å². The number of carbonyl (C=O) groups is 2. The second-order valence-electron chi connectivity index (χ2n) is 20.6. The topological polar surface area (TPSA) is 110 Å². The first-order valence-electron chi connectivity index (χ1n) is 29.5. The summed E-state index contributed by atoms with van der Waals surface area (Å²) in [5, 5.41) is 0. The number of carbonyl (C=O) groups excluding carboxylic acids is 2. The van der Waals surface area contributed by atoms with Crippen LogP contribution in [-0.2, 0) is 0 Å². The second-order valence-corrected chi connectivity index (χ2v) is 20.6. The zero-order chi connectivity index (χ0) is 54.2. The minimum absolute atomic E-state index is 0.419. The fraction of sp³-hybridized carbons (Fsp3) is 0.406. The lowest BCUT2D eigenvalue weighted by molar-refractivity contribution is 0.0725. The Balaban J connectivity index is 0.792. The Morgan fingerprint density at radius 2 is 0.628 bits per heavy atom. The van der Waals surface area contributed by atoms with Gasteiger partial charge in [-0.15, -0.1) is 0 Å². The van der Waals surface area contributed by atoms with E-state index in [0.717, 1.165) is 69.4 Å². The average Bonchev–Trinajstić information content (AvgIpc) is 3.49. The Morgan fingerprint density at radius 1 is 0.321 bits per heavy atom. The number of hydrogen-bond donors (Lipinski definition) is 0. The summed E-state index contributed by atoms with van der Waals surface area (Å²) in [6.07, 6.45) is 35.1. The van der Waals surface area contributed by atoms with Crippen LogP contribution >= 0.6 is 0 Å². The Morgan fingerprint density at radius 3 is 0.949 bits per heavy atom. The fourth-order valence-electron chi connectivity index (χ4n) is 9.56. The van der Waals surface area contributed by atoms with Gasteiger partial charge in [0.1, 0.15) is 23.0 Å². The summed E-state index contributed by atoms with van der Waals surface area (Å²) in [5.41, 5.74) is 7.58. The normalized spacial score (nSPS) is 11.1. The van der Waals surface area contributed by atoms with Gasteiger partial charge in [0.15, 0.2) is 0 Å². The van der Waals surface area contributed by atoms with Crippen LogP contribution < -0.4 is 18.9 Å². The van der Waals surface area contributed by atoms with Crippen LogP contribution in [-0.4, -0.2) is 40.1 Å². The number of pyridine rings is 3. The maximum absolute atomic E-state index is 13.0. The van der Waals surface area contributed by atoms with Gasteiger partial charge < -0.3 is 18.9 Å². The molecule has 0 saturated carbocycles.